The zero-order valence-electron chi connectivity index (χ0n) is 11.2. The number of nitrogens with two attached hydrogens (primary N) is 1. The highest BCUT2D eigenvalue weighted by atomic mass is 16.5. The number of aliphatic carboxylic acids is 1. The minimum Gasteiger partial charge on any atom is -0.480 e. The van der Waals surface area contributed by atoms with Gasteiger partial charge in [0.25, 0.3) is 0 Å². The quantitative estimate of drug-likeness (QED) is 0.314. The molecule has 0 aromatic carbocycles. The Morgan fingerprint density at radius 1 is 1.30 bits per heavy atom. The van der Waals surface area contributed by atoms with Gasteiger partial charge in [-0.25, -0.2) is 9.59 Å². The van der Waals surface area contributed by atoms with Crippen LogP contribution in [0.25, 0.3) is 0 Å². The number of urea groups is 1. The lowest BCUT2D eigenvalue weighted by Crippen LogP contribution is -2.47. The number of carboxylic acids is 1. The summed E-state index contributed by atoms with van der Waals surface area (Å²) in [5.41, 5.74) is 4.86. The Balaban J connectivity index is 3.94. The maximum atomic E-state index is 11.4. The van der Waals surface area contributed by atoms with E-state index in [1.165, 1.54) is 0 Å². The lowest BCUT2D eigenvalue weighted by atomic mass is 10.2. The zero-order chi connectivity index (χ0) is 15.5. The van der Waals surface area contributed by atoms with Crippen LogP contribution >= 0.6 is 0 Å². The molecule has 0 aliphatic carbocycles. The first-order valence-corrected chi connectivity index (χ1v) is 6.07. The molecule has 1 unspecified atom stereocenters. The SMILES string of the molecule is CCOC(=O)CCCNC(=O)NC(CC(N)=O)C(=O)O. The Labute approximate surface area is 115 Å². The van der Waals surface area contributed by atoms with E-state index in [2.05, 4.69) is 10.6 Å². The predicted octanol–water partition coefficient (Wildman–Crippen LogP) is -1.04. The first kappa shape index (κ1) is 17.7. The number of amides is 3. The van der Waals surface area contributed by atoms with Crippen LogP contribution in [0.2, 0.25) is 0 Å². The number of hydrogen-bond donors (Lipinski definition) is 4. The number of carbonyl (C=O) groups excluding carboxylic acids is 3. The minimum absolute atomic E-state index is 0.151. The van der Waals surface area contributed by atoms with Crippen LogP contribution < -0.4 is 16.4 Å². The fourth-order valence-corrected chi connectivity index (χ4v) is 1.28. The predicted molar refractivity (Wildman–Crippen MR) is 67.6 cm³/mol. The molecule has 0 radical (unpaired) electrons. The summed E-state index contributed by atoms with van der Waals surface area (Å²) in [6.45, 7) is 2.15. The average Bonchev–Trinajstić information content (AvgIpc) is 2.33. The summed E-state index contributed by atoms with van der Waals surface area (Å²) in [5.74, 6) is -2.56. The van der Waals surface area contributed by atoms with Gasteiger partial charge in [-0.05, 0) is 13.3 Å². The van der Waals surface area contributed by atoms with E-state index < -0.39 is 30.4 Å². The van der Waals surface area contributed by atoms with Crippen molar-refractivity contribution in [2.45, 2.75) is 32.2 Å². The van der Waals surface area contributed by atoms with Gasteiger partial charge in [-0.3, -0.25) is 9.59 Å². The molecule has 9 nitrogen and oxygen atoms in total. The van der Waals surface area contributed by atoms with Crippen molar-refractivity contribution in [3.63, 3.8) is 0 Å². The number of nitrogens with one attached hydrogen (secondary N) is 2. The summed E-state index contributed by atoms with van der Waals surface area (Å²) in [5, 5.41) is 13.2. The fourth-order valence-electron chi connectivity index (χ4n) is 1.28. The third-order valence-electron chi connectivity index (χ3n) is 2.16. The Bertz CT molecular complexity index is 371. The molecule has 20 heavy (non-hydrogen) atoms. The van der Waals surface area contributed by atoms with Crippen molar-refractivity contribution in [2.24, 2.45) is 5.73 Å². The Morgan fingerprint density at radius 2 is 1.95 bits per heavy atom. The third-order valence-corrected chi connectivity index (χ3v) is 2.16. The van der Waals surface area contributed by atoms with Crippen LogP contribution in [0.4, 0.5) is 4.79 Å². The van der Waals surface area contributed by atoms with Gasteiger partial charge < -0.3 is 26.2 Å². The van der Waals surface area contributed by atoms with Crippen LogP contribution in [-0.2, 0) is 19.1 Å². The monoisotopic (exact) mass is 289 g/mol. The molecule has 5 N–H and O–H groups in total. The first-order valence-electron chi connectivity index (χ1n) is 6.07. The number of carbonyl (C=O) groups is 4. The molecular formula is C11H19N3O6. The zero-order valence-corrected chi connectivity index (χ0v) is 11.2. The van der Waals surface area contributed by atoms with Gasteiger partial charge in [0, 0.05) is 13.0 Å². The molecule has 0 rings (SSSR count). The molecule has 0 saturated carbocycles. The van der Waals surface area contributed by atoms with Gasteiger partial charge in [0.05, 0.1) is 13.0 Å². The van der Waals surface area contributed by atoms with E-state index in [0.29, 0.717) is 13.0 Å². The van der Waals surface area contributed by atoms with E-state index in [4.69, 9.17) is 15.6 Å². The van der Waals surface area contributed by atoms with Gasteiger partial charge >= 0.3 is 18.0 Å². The highest BCUT2D eigenvalue weighted by Gasteiger charge is 2.21. The average molecular weight is 289 g/mol. The summed E-state index contributed by atoms with van der Waals surface area (Å²) >= 11 is 0. The molecule has 0 aliphatic heterocycles. The van der Waals surface area contributed by atoms with Crippen LogP contribution in [0.1, 0.15) is 26.2 Å². The van der Waals surface area contributed by atoms with E-state index in [1.54, 1.807) is 6.92 Å². The second kappa shape index (κ2) is 9.59. The van der Waals surface area contributed by atoms with Gasteiger partial charge in [-0.1, -0.05) is 0 Å². The third kappa shape index (κ3) is 8.72. The van der Waals surface area contributed by atoms with E-state index >= 15 is 0 Å². The minimum atomic E-state index is -1.38. The van der Waals surface area contributed by atoms with Crippen molar-refractivity contribution >= 4 is 23.9 Å². The molecule has 3 amide bonds. The summed E-state index contributed by atoms with van der Waals surface area (Å²) in [6.07, 6.45) is 0.0170. The summed E-state index contributed by atoms with van der Waals surface area (Å²) < 4.78 is 4.69. The molecule has 0 bridgehead atoms. The molecule has 114 valence electrons. The van der Waals surface area contributed by atoms with Crippen molar-refractivity contribution < 1.29 is 29.0 Å². The van der Waals surface area contributed by atoms with E-state index in [0.717, 1.165) is 0 Å². The van der Waals surface area contributed by atoms with Crippen molar-refractivity contribution in [3.05, 3.63) is 0 Å². The van der Waals surface area contributed by atoms with Crippen LogP contribution in [0.5, 0.6) is 0 Å². The van der Waals surface area contributed by atoms with Crippen molar-refractivity contribution in [1.29, 1.82) is 0 Å². The fraction of sp³-hybridized carbons (Fsp3) is 0.636. The molecule has 0 aliphatic rings. The van der Waals surface area contributed by atoms with Gasteiger partial charge in [0.15, 0.2) is 0 Å². The van der Waals surface area contributed by atoms with E-state index in [9.17, 15) is 19.2 Å². The maximum Gasteiger partial charge on any atom is 0.326 e. The summed E-state index contributed by atoms with van der Waals surface area (Å²) in [4.78, 5) is 43.7. The van der Waals surface area contributed by atoms with Gasteiger partial charge in [-0.2, -0.15) is 0 Å². The van der Waals surface area contributed by atoms with Crippen LogP contribution in [-0.4, -0.2) is 48.2 Å². The lowest BCUT2D eigenvalue weighted by Gasteiger charge is -2.13. The Hall–Kier alpha value is -2.32. The van der Waals surface area contributed by atoms with Crippen LogP contribution in [0.3, 0.4) is 0 Å². The molecular weight excluding hydrogens is 270 g/mol. The smallest absolute Gasteiger partial charge is 0.326 e. The second-order valence-corrected chi connectivity index (χ2v) is 3.87. The van der Waals surface area contributed by atoms with Crippen molar-refractivity contribution in [3.8, 4) is 0 Å². The Kier molecular flexibility index (Phi) is 8.48. The highest BCUT2D eigenvalue weighted by Crippen LogP contribution is 1.93. The molecule has 0 spiro atoms. The van der Waals surface area contributed by atoms with Gasteiger partial charge in [0.2, 0.25) is 5.91 Å². The topological polar surface area (TPSA) is 148 Å². The normalized spacial score (nSPS) is 11.2. The van der Waals surface area contributed by atoms with E-state index in [1.807, 2.05) is 0 Å². The first-order chi connectivity index (χ1) is 9.36. The summed E-state index contributed by atoms with van der Waals surface area (Å²) in [6, 6.07) is -2.12. The molecule has 9 heteroatoms. The van der Waals surface area contributed by atoms with E-state index in [-0.39, 0.29) is 18.9 Å². The number of hydrogen-bond acceptors (Lipinski definition) is 5. The summed E-state index contributed by atoms with van der Waals surface area (Å²) in [7, 11) is 0. The van der Waals surface area contributed by atoms with Gasteiger partial charge in [-0.15, -0.1) is 0 Å². The molecule has 0 heterocycles. The van der Waals surface area contributed by atoms with Crippen molar-refractivity contribution in [1.82, 2.24) is 10.6 Å². The second-order valence-electron chi connectivity index (χ2n) is 3.87. The molecule has 0 aromatic heterocycles. The molecule has 0 fully saturated rings. The molecule has 0 saturated heterocycles. The standard InChI is InChI=1S/C11H19N3O6/c1-2-20-9(16)4-3-5-13-11(19)14-7(10(17)18)6-8(12)15/h7H,2-6H2,1H3,(H2,12,15)(H,17,18)(H2,13,14,19). The largest absolute Gasteiger partial charge is 0.480 e. The number of primary amides is 1. The molecule has 1 atom stereocenters. The lowest BCUT2D eigenvalue weighted by molar-refractivity contribution is -0.143. The highest BCUT2D eigenvalue weighted by molar-refractivity contribution is 5.87. The number of ether oxygens (including phenoxy) is 1. The van der Waals surface area contributed by atoms with Crippen LogP contribution in [0.15, 0.2) is 0 Å². The maximum absolute atomic E-state index is 11.4. The number of esters is 1. The van der Waals surface area contributed by atoms with Gasteiger partial charge in [0.1, 0.15) is 6.04 Å². The van der Waals surface area contributed by atoms with Crippen molar-refractivity contribution in [2.75, 3.05) is 13.2 Å². The van der Waals surface area contributed by atoms with Crippen LogP contribution in [0, 0.1) is 0 Å². The molecule has 0 aromatic rings. The number of carboxylic acid groups (broad SMARTS) is 1. The Morgan fingerprint density at radius 3 is 2.45 bits per heavy atom. The number of rotatable bonds is 9.